The predicted molar refractivity (Wildman–Crippen MR) is 50.2 cm³/mol. The molecule has 0 bridgehead atoms. The number of hydrogen-bond acceptors (Lipinski definition) is 3. The predicted octanol–water partition coefficient (Wildman–Crippen LogP) is 0.449. The van der Waals surface area contributed by atoms with Crippen LogP contribution in [-0.4, -0.2) is 34.1 Å². The van der Waals surface area contributed by atoms with Crippen LogP contribution >= 0.6 is 0 Å². The van der Waals surface area contributed by atoms with Crippen molar-refractivity contribution < 1.29 is 15.3 Å². The van der Waals surface area contributed by atoms with Crippen molar-refractivity contribution in [1.82, 2.24) is 0 Å². The van der Waals surface area contributed by atoms with Gasteiger partial charge in [-0.2, -0.15) is 0 Å². The SMILES string of the molecule is CC(O)(CO)C1CC=C(CO)CC1. The minimum absolute atomic E-state index is 0.118. The molecule has 3 N–H and O–H groups in total. The number of hydrogen-bond donors (Lipinski definition) is 3. The summed E-state index contributed by atoms with van der Waals surface area (Å²) in [5.41, 5.74) is 0.0716. The van der Waals surface area contributed by atoms with Crippen molar-refractivity contribution in [2.75, 3.05) is 13.2 Å². The minimum atomic E-state index is -0.975. The topological polar surface area (TPSA) is 60.7 Å². The lowest BCUT2D eigenvalue weighted by Gasteiger charge is -2.33. The molecule has 0 aromatic heterocycles. The summed E-state index contributed by atoms with van der Waals surface area (Å²) in [5.74, 6) is 0.118. The first kappa shape index (κ1) is 10.7. The third-order valence-electron chi connectivity index (χ3n) is 2.91. The molecule has 76 valence electrons. The van der Waals surface area contributed by atoms with Crippen LogP contribution in [0.2, 0.25) is 0 Å². The van der Waals surface area contributed by atoms with Crippen LogP contribution in [0.5, 0.6) is 0 Å². The van der Waals surface area contributed by atoms with Crippen molar-refractivity contribution in [2.24, 2.45) is 5.92 Å². The Bertz CT molecular complexity index is 196. The van der Waals surface area contributed by atoms with Crippen LogP contribution in [0.25, 0.3) is 0 Å². The Morgan fingerprint density at radius 2 is 2.23 bits per heavy atom. The van der Waals surface area contributed by atoms with Gasteiger partial charge in [-0.1, -0.05) is 6.08 Å². The Kier molecular flexibility index (Phi) is 3.47. The molecular weight excluding hydrogens is 168 g/mol. The number of aliphatic hydroxyl groups is 3. The highest BCUT2D eigenvalue weighted by Gasteiger charge is 2.31. The average Bonchev–Trinajstić information content (AvgIpc) is 2.18. The largest absolute Gasteiger partial charge is 0.393 e. The summed E-state index contributed by atoms with van der Waals surface area (Å²) < 4.78 is 0. The van der Waals surface area contributed by atoms with Crippen LogP contribution < -0.4 is 0 Å². The summed E-state index contributed by atoms with van der Waals surface area (Å²) >= 11 is 0. The van der Waals surface area contributed by atoms with Crippen molar-refractivity contribution in [2.45, 2.75) is 31.8 Å². The van der Waals surface area contributed by atoms with E-state index in [9.17, 15) is 5.11 Å². The third kappa shape index (κ3) is 2.53. The van der Waals surface area contributed by atoms with Gasteiger partial charge in [-0.05, 0) is 37.7 Å². The molecule has 0 radical (unpaired) electrons. The third-order valence-corrected chi connectivity index (χ3v) is 2.91. The summed E-state index contributed by atoms with van der Waals surface area (Å²) in [7, 11) is 0. The molecule has 0 aliphatic heterocycles. The van der Waals surface area contributed by atoms with Crippen LogP contribution in [0.4, 0.5) is 0 Å². The number of aliphatic hydroxyl groups excluding tert-OH is 2. The van der Waals surface area contributed by atoms with Crippen LogP contribution in [0.3, 0.4) is 0 Å². The van der Waals surface area contributed by atoms with Crippen molar-refractivity contribution in [1.29, 1.82) is 0 Å². The van der Waals surface area contributed by atoms with E-state index in [0.29, 0.717) is 0 Å². The molecule has 0 saturated heterocycles. The molecule has 3 nitrogen and oxygen atoms in total. The summed E-state index contributed by atoms with van der Waals surface area (Å²) in [6.07, 6.45) is 4.40. The molecule has 2 unspecified atom stereocenters. The lowest BCUT2D eigenvalue weighted by molar-refractivity contribution is -0.0499. The summed E-state index contributed by atoms with van der Waals surface area (Å²) in [5, 5.41) is 27.6. The first-order chi connectivity index (χ1) is 6.10. The summed E-state index contributed by atoms with van der Waals surface area (Å²) in [4.78, 5) is 0. The Hall–Kier alpha value is -0.380. The van der Waals surface area contributed by atoms with E-state index in [4.69, 9.17) is 10.2 Å². The summed E-state index contributed by atoms with van der Waals surface area (Å²) in [6.45, 7) is 1.59. The van der Waals surface area contributed by atoms with Crippen LogP contribution in [0.1, 0.15) is 26.2 Å². The van der Waals surface area contributed by atoms with Gasteiger partial charge in [0.1, 0.15) is 0 Å². The standard InChI is InChI=1S/C10H18O3/c1-10(13,7-12)9-4-2-8(6-11)3-5-9/h2,9,11-13H,3-7H2,1H3. The van der Waals surface area contributed by atoms with E-state index >= 15 is 0 Å². The molecule has 1 rings (SSSR count). The molecule has 1 aliphatic rings. The van der Waals surface area contributed by atoms with Gasteiger partial charge in [0, 0.05) is 0 Å². The Labute approximate surface area is 78.7 Å². The van der Waals surface area contributed by atoms with E-state index in [1.54, 1.807) is 6.92 Å². The highest BCUT2D eigenvalue weighted by Crippen LogP contribution is 2.31. The smallest absolute Gasteiger partial charge is 0.0880 e. The zero-order chi connectivity index (χ0) is 9.90. The van der Waals surface area contributed by atoms with Gasteiger partial charge in [-0.3, -0.25) is 0 Å². The molecule has 1 aliphatic carbocycles. The fourth-order valence-electron chi connectivity index (χ4n) is 1.73. The van der Waals surface area contributed by atoms with Gasteiger partial charge in [0.05, 0.1) is 18.8 Å². The van der Waals surface area contributed by atoms with Gasteiger partial charge >= 0.3 is 0 Å². The van der Waals surface area contributed by atoms with Gasteiger partial charge in [-0.25, -0.2) is 0 Å². The number of rotatable bonds is 3. The van der Waals surface area contributed by atoms with Gasteiger partial charge in [0.15, 0.2) is 0 Å². The lowest BCUT2D eigenvalue weighted by Crippen LogP contribution is -2.39. The van der Waals surface area contributed by atoms with E-state index in [-0.39, 0.29) is 19.1 Å². The highest BCUT2D eigenvalue weighted by molar-refractivity contribution is 5.08. The van der Waals surface area contributed by atoms with Crippen molar-refractivity contribution in [3.63, 3.8) is 0 Å². The summed E-state index contributed by atoms with van der Waals surface area (Å²) in [6, 6.07) is 0. The maximum atomic E-state index is 9.77. The lowest BCUT2D eigenvalue weighted by atomic mass is 9.79. The second-order valence-corrected chi connectivity index (χ2v) is 4.01. The van der Waals surface area contributed by atoms with Crippen molar-refractivity contribution in [3.05, 3.63) is 11.6 Å². The molecule has 0 aromatic rings. The first-order valence-electron chi connectivity index (χ1n) is 4.72. The average molecular weight is 186 g/mol. The van der Waals surface area contributed by atoms with E-state index < -0.39 is 5.60 Å². The maximum absolute atomic E-state index is 9.77. The Morgan fingerprint density at radius 1 is 1.54 bits per heavy atom. The van der Waals surface area contributed by atoms with E-state index in [1.807, 2.05) is 6.08 Å². The van der Waals surface area contributed by atoms with Crippen LogP contribution in [-0.2, 0) is 0 Å². The minimum Gasteiger partial charge on any atom is -0.393 e. The molecule has 0 amide bonds. The fraction of sp³-hybridized carbons (Fsp3) is 0.800. The van der Waals surface area contributed by atoms with Crippen molar-refractivity contribution >= 4 is 0 Å². The molecule has 0 fully saturated rings. The molecule has 0 heterocycles. The molecule has 13 heavy (non-hydrogen) atoms. The van der Waals surface area contributed by atoms with Gasteiger partial charge in [0.25, 0.3) is 0 Å². The molecule has 2 atom stereocenters. The van der Waals surface area contributed by atoms with Crippen molar-refractivity contribution in [3.8, 4) is 0 Å². The second kappa shape index (κ2) is 4.22. The zero-order valence-corrected chi connectivity index (χ0v) is 8.03. The van der Waals surface area contributed by atoms with E-state index in [1.165, 1.54) is 0 Å². The first-order valence-corrected chi connectivity index (χ1v) is 4.72. The van der Waals surface area contributed by atoms with Gasteiger partial charge in [-0.15, -0.1) is 0 Å². The Balaban J connectivity index is 2.54. The van der Waals surface area contributed by atoms with Crippen LogP contribution in [0.15, 0.2) is 11.6 Å². The zero-order valence-electron chi connectivity index (χ0n) is 8.03. The van der Waals surface area contributed by atoms with Gasteiger partial charge < -0.3 is 15.3 Å². The van der Waals surface area contributed by atoms with E-state index in [2.05, 4.69) is 0 Å². The molecule has 0 aromatic carbocycles. The fourth-order valence-corrected chi connectivity index (χ4v) is 1.73. The molecule has 3 heteroatoms. The highest BCUT2D eigenvalue weighted by atomic mass is 16.3. The second-order valence-electron chi connectivity index (χ2n) is 4.01. The Morgan fingerprint density at radius 3 is 2.62 bits per heavy atom. The van der Waals surface area contributed by atoms with Gasteiger partial charge in [0.2, 0.25) is 0 Å². The number of allylic oxidation sites excluding steroid dienone is 1. The molecule has 0 spiro atoms. The molecule has 0 saturated carbocycles. The maximum Gasteiger partial charge on any atom is 0.0880 e. The van der Waals surface area contributed by atoms with E-state index in [0.717, 1.165) is 24.8 Å². The molecular formula is C10H18O3. The van der Waals surface area contributed by atoms with Crippen LogP contribution in [0, 0.1) is 5.92 Å². The quantitative estimate of drug-likeness (QED) is 0.561. The monoisotopic (exact) mass is 186 g/mol. The normalized spacial score (nSPS) is 28.0.